The number of guanidine groups is 1. The summed E-state index contributed by atoms with van der Waals surface area (Å²) in [6.45, 7) is 12.4. The third-order valence-corrected chi connectivity index (χ3v) is 5.39. The molecule has 0 spiro atoms. The molecular weight excluding hydrogens is 425 g/mol. The standard InChI is InChI=1S/C19H31N5.HI/c1-4-22-11-13-23(14-12-22)16(2)15-21-19(20-3)24-10-9-17-7-5-6-8-18(17)24;/h5-8,16H,4,9-15H2,1-3H3,(H,20,21);1H. The van der Waals surface area contributed by atoms with Crippen LogP contribution in [0.4, 0.5) is 5.69 Å². The first-order valence-electron chi connectivity index (χ1n) is 9.25. The fraction of sp³-hybridized carbons (Fsp3) is 0.632. The van der Waals surface area contributed by atoms with Gasteiger partial charge in [0.05, 0.1) is 0 Å². The zero-order valence-corrected chi connectivity index (χ0v) is 18.1. The van der Waals surface area contributed by atoms with Gasteiger partial charge in [0.2, 0.25) is 0 Å². The van der Waals surface area contributed by atoms with Crippen LogP contribution in [0.2, 0.25) is 0 Å². The van der Waals surface area contributed by atoms with E-state index in [0.717, 1.165) is 25.5 Å². The Balaban J connectivity index is 0.00000225. The number of anilines is 1. The molecule has 0 aromatic heterocycles. The number of halogens is 1. The van der Waals surface area contributed by atoms with E-state index in [1.165, 1.54) is 44.0 Å². The van der Waals surface area contributed by atoms with Gasteiger partial charge in [-0.1, -0.05) is 25.1 Å². The van der Waals surface area contributed by atoms with Crippen molar-refractivity contribution in [3.8, 4) is 0 Å². The predicted octanol–water partition coefficient (Wildman–Crippen LogP) is 2.27. The number of fused-ring (bicyclic) bond motifs is 1. The lowest BCUT2D eigenvalue weighted by Gasteiger charge is -2.38. The highest BCUT2D eigenvalue weighted by Gasteiger charge is 2.24. The molecule has 1 saturated heterocycles. The van der Waals surface area contributed by atoms with Crippen LogP contribution in [0, 0.1) is 0 Å². The number of likely N-dealkylation sites (N-methyl/N-ethyl adjacent to an activating group) is 1. The predicted molar refractivity (Wildman–Crippen MR) is 117 cm³/mol. The van der Waals surface area contributed by atoms with Crippen molar-refractivity contribution in [3.05, 3.63) is 29.8 Å². The minimum absolute atomic E-state index is 0. The van der Waals surface area contributed by atoms with Crippen LogP contribution in [0.15, 0.2) is 29.3 Å². The molecule has 140 valence electrons. The fourth-order valence-electron chi connectivity index (χ4n) is 3.74. The summed E-state index contributed by atoms with van der Waals surface area (Å²) in [5, 5.41) is 3.60. The van der Waals surface area contributed by atoms with Crippen molar-refractivity contribution in [2.24, 2.45) is 4.99 Å². The van der Waals surface area contributed by atoms with Crippen LogP contribution in [0.1, 0.15) is 19.4 Å². The van der Waals surface area contributed by atoms with Crippen LogP contribution >= 0.6 is 24.0 Å². The molecule has 1 aromatic carbocycles. The van der Waals surface area contributed by atoms with E-state index in [-0.39, 0.29) is 24.0 Å². The lowest BCUT2D eigenvalue weighted by Crippen LogP contribution is -2.53. The molecule has 3 rings (SSSR count). The molecule has 5 nitrogen and oxygen atoms in total. The van der Waals surface area contributed by atoms with E-state index < -0.39 is 0 Å². The van der Waals surface area contributed by atoms with E-state index in [0.29, 0.717) is 6.04 Å². The summed E-state index contributed by atoms with van der Waals surface area (Å²) < 4.78 is 0. The van der Waals surface area contributed by atoms with Gasteiger partial charge in [0, 0.05) is 58.0 Å². The maximum Gasteiger partial charge on any atom is 0.198 e. The first kappa shape index (κ1) is 20.5. The van der Waals surface area contributed by atoms with Crippen LogP contribution < -0.4 is 10.2 Å². The maximum atomic E-state index is 4.52. The van der Waals surface area contributed by atoms with Crippen molar-refractivity contribution in [2.75, 3.05) is 57.8 Å². The van der Waals surface area contributed by atoms with Gasteiger partial charge >= 0.3 is 0 Å². The van der Waals surface area contributed by atoms with Crippen LogP contribution in [0.25, 0.3) is 0 Å². The molecule has 1 aromatic rings. The highest BCUT2D eigenvalue weighted by molar-refractivity contribution is 14.0. The number of rotatable bonds is 4. The molecule has 2 aliphatic heterocycles. The van der Waals surface area contributed by atoms with Gasteiger partial charge in [-0.3, -0.25) is 9.89 Å². The number of benzene rings is 1. The number of piperazine rings is 1. The molecule has 0 radical (unpaired) electrons. The Kier molecular flexibility index (Phi) is 7.96. The summed E-state index contributed by atoms with van der Waals surface area (Å²) in [7, 11) is 1.88. The molecule has 0 saturated carbocycles. The van der Waals surface area contributed by atoms with E-state index in [1.807, 2.05) is 7.05 Å². The Morgan fingerprint density at radius 3 is 2.56 bits per heavy atom. The van der Waals surface area contributed by atoms with Gasteiger partial charge in [0.25, 0.3) is 0 Å². The Hall–Kier alpha value is -0.860. The monoisotopic (exact) mass is 457 g/mol. The SMILES string of the molecule is CCN1CCN(C(C)CNC(=NC)N2CCc3ccccc32)CC1.I. The first-order chi connectivity index (χ1) is 11.7. The average Bonchev–Trinajstić information content (AvgIpc) is 3.06. The molecule has 1 N–H and O–H groups in total. The first-order valence-corrected chi connectivity index (χ1v) is 9.25. The zero-order chi connectivity index (χ0) is 16.9. The molecule has 2 aliphatic rings. The highest BCUT2D eigenvalue weighted by atomic mass is 127. The second-order valence-corrected chi connectivity index (χ2v) is 6.78. The molecular formula is C19H32IN5. The van der Waals surface area contributed by atoms with Gasteiger partial charge in [-0.05, 0) is 31.5 Å². The number of hydrogen-bond donors (Lipinski definition) is 1. The number of aliphatic imine (C=N–C) groups is 1. The molecule has 1 atom stereocenters. The van der Waals surface area contributed by atoms with Crippen LogP contribution in [0.3, 0.4) is 0 Å². The number of nitrogens with zero attached hydrogens (tertiary/aromatic N) is 4. The molecule has 0 amide bonds. The number of nitrogens with one attached hydrogen (secondary N) is 1. The van der Waals surface area contributed by atoms with Crippen LogP contribution in [-0.4, -0.2) is 74.7 Å². The van der Waals surface area contributed by atoms with Crippen molar-refractivity contribution in [2.45, 2.75) is 26.3 Å². The van der Waals surface area contributed by atoms with Crippen molar-refractivity contribution in [3.63, 3.8) is 0 Å². The largest absolute Gasteiger partial charge is 0.354 e. The zero-order valence-electron chi connectivity index (χ0n) is 15.7. The van der Waals surface area contributed by atoms with Crippen molar-refractivity contribution < 1.29 is 0 Å². The second kappa shape index (κ2) is 9.73. The summed E-state index contributed by atoms with van der Waals surface area (Å²) in [4.78, 5) is 11.9. The summed E-state index contributed by atoms with van der Waals surface area (Å²) in [5.41, 5.74) is 2.72. The van der Waals surface area contributed by atoms with E-state index in [9.17, 15) is 0 Å². The van der Waals surface area contributed by atoms with Crippen molar-refractivity contribution in [1.82, 2.24) is 15.1 Å². The average molecular weight is 457 g/mol. The quantitative estimate of drug-likeness (QED) is 0.428. The van der Waals surface area contributed by atoms with Gasteiger partial charge in [0.15, 0.2) is 5.96 Å². The molecule has 2 heterocycles. The van der Waals surface area contributed by atoms with Crippen molar-refractivity contribution in [1.29, 1.82) is 0 Å². The molecule has 25 heavy (non-hydrogen) atoms. The van der Waals surface area contributed by atoms with E-state index in [4.69, 9.17) is 0 Å². The van der Waals surface area contributed by atoms with Crippen LogP contribution in [0.5, 0.6) is 0 Å². The highest BCUT2D eigenvalue weighted by Crippen LogP contribution is 2.27. The third kappa shape index (κ3) is 4.86. The minimum atomic E-state index is 0. The Bertz CT molecular complexity index is 569. The molecule has 6 heteroatoms. The minimum Gasteiger partial charge on any atom is -0.354 e. The van der Waals surface area contributed by atoms with E-state index >= 15 is 0 Å². The smallest absolute Gasteiger partial charge is 0.198 e. The topological polar surface area (TPSA) is 34.1 Å². The van der Waals surface area contributed by atoms with Crippen LogP contribution in [-0.2, 0) is 6.42 Å². The van der Waals surface area contributed by atoms with Gasteiger partial charge in [-0.15, -0.1) is 24.0 Å². The lowest BCUT2D eigenvalue weighted by atomic mass is 10.2. The van der Waals surface area contributed by atoms with Gasteiger partial charge in [-0.2, -0.15) is 0 Å². The van der Waals surface area contributed by atoms with E-state index in [2.05, 4.69) is 63.1 Å². The Morgan fingerprint density at radius 1 is 1.16 bits per heavy atom. The Morgan fingerprint density at radius 2 is 1.88 bits per heavy atom. The summed E-state index contributed by atoms with van der Waals surface area (Å²) >= 11 is 0. The normalized spacial score (nSPS) is 20.1. The van der Waals surface area contributed by atoms with Gasteiger partial charge in [0.1, 0.15) is 0 Å². The summed E-state index contributed by atoms with van der Waals surface area (Å²) in [6.07, 6.45) is 1.10. The molecule has 0 bridgehead atoms. The lowest BCUT2D eigenvalue weighted by molar-refractivity contribution is 0.107. The molecule has 0 aliphatic carbocycles. The number of hydrogen-bond acceptors (Lipinski definition) is 3. The number of para-hydroxylation sites is 1. The van der Waals surface area contributed by atoms with Gasteiger partial charge in [-0.25, -0.2) is 0 Å². The molecule has 1 fully saturated rings. The third-order valence-electron chi connectivity index (χ3n) is 5.39. The van der Waals surface area contributed by atoms with Crippen molar-refractivity contribution >= 4 is 35.6 Å². The summed E-state index contributed by atoms with van der Waals surface area (Å²) in [6, 6.07) is 9.18. The van der Waals surface area contributed by atoms with Gasteiger partial charge < -0.3 is 15.1 Å². The fourth-order valence-corrected chi connectivity index (χ4v) is 3.74. The second-order valence-electron chi connectivity index (χ2n) is 6.78. The van der Waals surface area contributed by atoms with E-state index in [1.54, 1.807) is 0 Å². The Labute approximate surface area is 169 Å². The summed E-state index contributed by atoms with van der Waals surface area (Å²) in [5.74, 6) is 0.999. The maximum absolute atomic E-state index is 4.52. The molecule has 1 unspecified atom stereocenters.